The van der Waals surface area contributed by atoms with Gasteiger partial charge in [0.15, 0.2) is 5.82 Å². The molecule has 2 aromatic rings. The van der Waals surface area contributed by atoms with E-state index < -0.39 is 0 Å². The van der Waals surface area contributed by atoms with Crippen molar-refractivity contribution in [1.29, 1.82) is 0 Å². The average molecular weight is 349 g/mol. The number of nitrogens with zero attached hydrogens (tertiary/aromatic N) is 3. The molecule has 2 rings (SSSR count). The van der Waals surface area contributed by atoms with Gasteiger partial charge in [0.25, 0.3) is 0 Å². The van der Waals surface area contributed by atoms with Crippen LogP contribution in [0.2, 0.25) is 10.0 Å². The van der Waals surface area contributed by atoms with Gasteiger partial charge in [-0.2, -0.15) is 0 Å². The zero-order valence-electron chi connectivity index (χ0n) is 9.99. The first kappa shape index (κ1) is 13.8. The SMILES string of the molecule is CC(C)n1c(CBr)nnc1-c1cc(Cl)cc(Cl)c1. The van der Waals surface area contributed by atoms with Crippen LogP contribution in [0.25, 0.3) is 11.4 Å². The Labute approximate surface area is 124 Å². The molecule has 0 aliphatic carbocycles. The first-order chi connectivity index (χ1) is 8.52. The third kappa shape index (κ3) is 2.71. The summed E-state index contributed by atoms with van der Waals surface area (Å²) in [5.41, 5.74) is 0.876. The fourth-order valence-electron chi connectivity index (χ4n) is 1.84. The molecule has 18 heavy (non-hydrogen) atoms. The zero-order chi connectivity index (χ0) is 13.3. The lowest BCUT2D eigenvalue weighted by molar-refractivity contribution is 0.586. The molecule has 1 aromatic carbocycles. The van der Waals surface area contributed by atoms with E-state index in [1.807, 2.05) is 12.1 Å². The highest BCUT2D eigenvalue weighted by Crippen LogP contribution is 2.28. The van der Waals surface area contributed by atoms with Crippen LogP contribution in [-0.2, 0) is 5.33 Å². The first-order valence-electron chi connectivity index (χ1n) is 5.49. The van der Waals surface area contributed by atoms with E-state index in [9.17, 15) is 0 Å². The van der Waals surface area contributed by atoms with Crippen molar-refractivity contribution in [3.05, 3.63) is 34.1 Å². The van der Waals surface area contributed by atoms with Crippen LogP contribution in [0.1, 0.15) is 25.7 Å². The van der Waals surface area contributed by atoms with Crippen molar-refractivity contribution in [2.75, 3.05) is 0 Å². The second-order valence-electron chi connectivity index (χ2n) is 4.20. The van der Waals surface area contributed by atoms with Crippen molar-refractivity contribution in [3.63, 3.8) is 0 Å². The van der Waals surface area contributed by atoms with Crippen LogP contribution in [0.15, 0.2) is 18.2 Å². The number of alkyl halides is 1. The average Bonchev–Trinajstić information content (AvgIpc) is 2.71. The van der Waals surface area contributed by atoms with Crippen LogP contribution in [0.4, 0.5) is 0 Å². The van der Waals surface area contributed by atoms with Crippen molar-refractivity contribution in [1.82, 2.24) is 14.8 Å². The van der Waals surface area contributed by atoms with Crippen molar-refractivity contribution >= 4 is 39.1 Å². The highest BCUT2D eigenvalue weighted by Gasteiger charge is 2.16. The third-order valence-corrected chi connectivity index (χ3v) is 3.46. The fourth-order valence-corrected chi connectivity index (χ4v) is 2.75. The van der Waals surface area contributed by atoms with E-state index in [1.54, 1.807) is 6.07 Å². The lowest BCUT2D eigenvalue weighted by Gasteiger charge is -2.13. The minimum atomic E-state index is 0.264. The van der Waals surface area contributed by atoms with Crippen LogP contribution in [-0.4, -0.2) is 14.8 Å². The molecule has 0 spiro atoms. The van der Waals surface area contributed by atoms with Crippen LogP contribution in [0, 0.1) is 0 Å². The Morgan fingerprint density at radius 2 is 1.78 bits per heavy atom. The van der Waals surface area contributed by atoms with E-state index in [0.29, 0.717) is 15.4 Å². The van der Waals surface area contributed by atoms with Gasteiger partial charge in [-0.05, 0) is 32.0 Å². The standard InChI is InChI=1S/C12H12BrCl2N3/c1-7(2)18-11(6-13)16-17-12(18)8-3-9(14)5-10(15)4-8/h3-5,7H,6H2,1-2H3. The van der Waals surface area contributed by atoms with Crippen molar-refractivity contribution < 1.29 is 0 Å². The summed E-state index contributed by atoms with van der Waals surface area (Å²) in [6, 6.07) is 5.65. The number of aromatic nitrogens is 3. The largest absolute Gasteiger partial charge is 0.308 e. The Morgan fingerprint density at radius 1 is 1.17 bits per heavy atom. The normalized spacial score (nSPS) is 11.2. The number of halogens is 3. The summed E-state index contributed by atoms with van der Waals surface area (Å²) in [5.74, 6) is 1.67. The molecule has 1 aromatic heterocycles. The molecular weight excluding hydrogens is 337 g/mol. The van der Waals surface area contributed by atoms with E-state index in [2.05, 4.69) is 44.5 Å². The van der Waals surface area contributed by atoms with Gasteiger partial charge in [-0.3, -0.25) is 0 Å². The van der Waals surface area contributed by atoms with Crippen LogP contribution >= 0.6 is 39.1 Å². The van der Waals surface area contributed by atoms with Gasteiger partial charge in [0.05, 0.1) is 5.33 Å². The van der Waals surface area contributed by atoms with E-state index in [-0.39, 0.29) is 6.04 Å². The van der Waals surface area contributed by atoms with Crippen molar-refractivity contribution in [3.8, 4) is 11.4 Å². The number of benzene rings is 1. The molecule has 0 saturated carbocycles. The lowest BCUT2D eigenvalue weighted by Crippen LogP contribution is -2.06. The third-order valence-electron chi connectivity index (χ3n) is 2.52. The molecule has 96 valence electrons. The van der Waals surface area contributed by atoms with Crippen LogP contribution in [0.5, 0.6) is 0 Å². The Balaban J connectivity index is 2.60. The van der Waals surface area contributed by atoms with Crippen LogP contribution in [0.3, 0.4) is 0 Å². The number of hydrogen-bond donors (Lipinski definition) is 0. The lowest BCUT2D eigenvalue weighted by atomic mass is 10.2. The molecule has 6 heteroatoms. The molecule has 0 unspecified atom stereocenters. The zero-order valence-corrected chi connectivity index (χ0v) is 13.1. The van der Waals surface area contributed by atoms with Gasteiger partial charge in [-0.15, -0.1) is 10.2 Å². The van der Waals surface area contributed by atoms with E-state index >= 15 is 0 Å². The van der Waals surface area contributed by atoms with Gasteiger partial charge >= 0.3 is 0 Å². The Bertz CT molecular complexity index is 546. The smallest absolute Gasteiger partial charge is 0.164 e. The predicted octanol–water partition coefficient (Wildman–Crippen LogP) is 4.73. The van der Waals surface area contributed by atoms with Crippen LogP contribution < -0.4 is 0 Å². The number of rotatable bonds is 3. The van der Waals surface area contributed by atoms with Crippen molar-refractivity contribution in [2.45, 2.75) is 25.2 Å². The van der Waals surface area contributed by atoms with E-state index in [1.165, 1.54) is 0 Å². The molecule has 0 radical (unpaired) electrons. The predicted molar refractivity (Wildman–Crippen MR) is 78.5 cm³/mol. The monoisotopic (exact) mass is 347 g/mol. The molecule has 0 aliphatic rings. The van der Waals surface area contributed by atoms with Gasteiger partial charge in [0.1, 0.15) is 5.82 Å². The molecule has 0 bridgehead atoms. The van der Waals surface area contributed by atoms with E-state index in [4.69, 9.17) is 23.2 Å². The van der Waals surface area contributed by atoms with Gasteiger partial charge in [0.2, 0.25) is 0 Å². The molecular formula is C12H12BrCl2N3. The summed E-state index contributed by atoms with van der Waals surface area (Å²) >= 11 is 15.5. The summed E-state index contributed by atoms with van der Waals surface area (Å²) in [6.07, 6.45) is 0. The molecule has 1 heterocycles. The first-order valence-corrected chi connectivity index (χ1v) is 7.37. The summed E-state index contributed by atoms with van der Waals surface area (Å²) in [7, 11) is 0. The fraction of sp³-hybridized carbons (Fsp3) is 0.333. The number of hydrogen-bond acceptors (Lipinski definition) is 2. The second kappa shape index (κ2) is 5.59. The minimum Gasteiger partial charge on any atom is -0.308 e. The summed E-state index contributed by atoms with van der Waals surface area (Å²) in [5, 5.41) is 10.2. The summed E-state index contributed by atoms with van der Waals surface area (Å²) in [4.78, 5) is 0. The molecule has 0 atom stereocenters. The van der Waals surface area contributed by atoms with Gasteiger partial charge in [-0.1, -0.05) is 39.1 Å². The Kier molecular flexibility index (Phi) is 4.30. The summed E-state index contributed by atoms with van der Waals surface area (Å²) in [6.45, 7) is 4.18. The maximum Gasteiger partial charge on any atom is 0.164 e. The maximum atomic E-state index is 6.02. The summed E-state index contributed by atoms with van der Waals surface area (Å²) < 4.78 is 2.07. The molecule has 0 aliphatic heterocycles. The highest BCUT2D eigenvalue weighted by molar-refractivity contribution is 9.08. The topological polar surface area (TPSA) is 30.7 Å². The van der Waals surface area contributed by atoms with Gasteiger partial charge in [0, 0.05) is 21.7 Å². The molecule has 0 saturated heterocycles. The highest BCUT2D eigenvalue weighted by atomic mass is 79.9. The Morgan fingerprint density at radius 3 is 2.28 bits per heavy atom. The molecule has 0 amide bonds. The van der Waals surface area contributed by atoms with Gasteiger partial charge < -0.3 is 4.57 Å². The molecule has 0 N–H and O–H groups in total. The molecule has 3 nitrogen and oxygen atoms in total. The van der Waals surface area contributed by atoms with E-state index in [0.717, 1.165) is 17.2 Å². The minimum absolute atomic E-state index is 0.264. The second-order valence-corrected chi connectivity index (χ2v) is 5.63. The quantitative estimate of drug-likeness (QED) is 0.751. The van der Waals surface area contributed by atoms with Gasteiger partial charge in [-0.25, -0.2) is 0 Å². The Hall–Kier alpha value is -0.580. The maximum absolute atomic E-state index is 6.02. The van der Waals surface area contributed by atoms with Crippen molar-refractivity contribution in [2.24, 2.45) is 0 Å². The molecule has 0 fully saturated rings.